The van der Waals surface area contributed by atoms with E-state index >= 15 is 0 Å². The van der Waals surface area contributed by atoms with Crippen molar-refractivity contribution in [2.24, 2.45) is 0 Å². The van der Waals surface area contributed by atoms with Gasteiger partial charge in [-0.1, -0.05) is 6.07 Å². The summed E-state index contributed by atoms with van der Waals surface area (Å²) in [7, 11) is 0. The lowest BCUT2D eigenvalue weighted by molar-refractivity contribution is -0.144. The Balaban J connectivity index is 2.15. The van der Waals surface area contributed by atoms with Crippen LogP contribution in [-0.4, -0.2) is 9.78 Å². The van der Waals surface area contributed by atoms with Crippen molar-refractivity contribution in [3.8, 4) is 0 Å². The highest BCUT2D eigenvalue weighted by molar-refractivity contribution is 5.46. The summed E-state index contributed by atoms with van der Waals surface area (Å²) in [6.45, 7) is 3.48. The fourth-order valence-electron chi connectivity index (χ4n) is 1.98. The van der Waals surface area contributed by atoms with Gasteiger partial charge in [0.05, 0.1) is 17.9 Å². The van der Waals surface area contributed by atoms with Gasteiger partial charge in [-0.2, -0.15) is 18.3 Å². The monoisotopic (exact) mass is 301 g/mol. The van der Waals surface area contributed by atoms with Crippen molar-refractivity contribution in [2.75, 3.05) is 5.32 Å². The van der Waals surface area contributed by atoms with E-state index in [0.717, 1.165) is 16.3 Å². The molecule has 1 N–H and O–H groups in total. The zero-order valence-electron chi connectivity index (χ0n) is 11.6. The number of hydrogen-bond donors (Lipinski definition) is 1. The second-order valence-electron chi connectivity index (χ2n) is 4.67. The van der Waals surface area contributed by atoms with Gasteiger partial charge in [-0.25, -0.2) is 4.39 Å². The summed E-state index contributed by atoms with van der Waals surface area (Å²) in [5.41, 5.74) is 0.420. The van der Waals surface area contributed by atoms with Crippen LogP contribution in [0.1, 0.15) is 23.9 Å². The lowest BCUT2D eigenvalue weighted by Crippen LogP contribution is -2.13. The van der Waals surface area contributed by atoms with Crippen molar-refractivity contribution in [3.05, 3.63) is 47.0 Å². The molecule has 0 atom stereocenters. The third-order valence-corrected chi connectivity index (χ3v) is 3.01. The van der Waals surface area contributed by atoms with E-state index in [1.807, 2.05) is 0 Å². The van der Waals surface area contributed by atoms with Crippen LogP contribution in [0, 0.1) is 12.7 Å². The first-order valence-electron chi connectivity index (χ1n) is 6.45. The van der Waals surface area contributed by atoms with Crippen LogP contribution in [-0.2, 0) is 19.3 Å². The fraction of sp³-hybridized carbons (Fsp3) is 0.357. The summed E-state index contributed by atoms with van der Waals surface area (Å²) in [5.74, 6) is -0.444. The van der Waals surface area contributed by atoms with Crippen LogP contribution >= 0.6 is 0 Å². The van der Waals surface area contributed by atoms with E-state index in [9.17, 15) is 17.6 Å². The van der Waals surface area contributed by atoms with Crippen molar-refractivity contribution in [2.45, 2.75) is 33.1 Å². The molecule has 0 saturated heterocycles. The molecule has 114 valence electrons. The van der Waals surface area contributed by atoms with Crippen LogP contribution in [0.2, 0.25) is 0 Å². The first kappa shape index (κ1) is 15.3. The number of aromatic nitrogens is 2. The number of hydrogen-bond acceptors (Lipinski definition) is 2. The zero-order valence-corrected chi connectivity index (χ0v) is 11.6. The van der Waals surface area contributed by atoms with Gasteiger partial charge in [0.25, 0.3) is 0 Å². The normalized spacial score (nSPS) is 11.7. The third kappa shape index (κ3) is 3.53. The van der Waals surface area contributed by atoms with E-state index in [0.29, 0.717) is 0 Å². The van der Waals surface area contributed by atoms with Crippen molar-refractivity contribution in [1.29, 1.82) is 0 Å². The molecule has 0 amide bonds. The molecule has 1 heterocycles. The minimum Gasteiger partial charge on any atom is -0.377 e. The highest BCUT2D eigenvalue weighted by Gasteiger charge is 2.35. The average molecular weight is 301 g/mol. The highest BCUT2D eigenvalue weighted by Crippen LogP contribution is 2.30. The maximum Gasteiger partial charge on any atom is 0.433 e. The van der Waals surface area contributed by atoms with Gasteiger partial charge in [0, 0.05) is 6.54 Å². The number of halogens is 4. The van der Waals surface area contributed by atoms with Crippen LogP contribution in [0.3, 0.4) is 0 Å². The summed E-state index contributed by atoms with van der Waals surface area (Å²) in [6, 6.07) is 5.60. The Morgan fingerprint density at radius 3 is 2.48 bits per heavy atom. The quantitative estimate of drug-likeness (QED) is 0.866. The molecule has 2 aromatic rings. The number of alkyl halides is 3. The molecule has 7 heteroatoms. The molecular formula is C14H15F4N3. The van der Waals surface area contributed by atoms with Crippen molar-refractivity contribution in [3.63, 3.8) is 0 Å². The van der Waals surface area contributed by atoms with Crippen LogP contribution in [0.25, 0.3) is 0 Å². The van der Waals surface area contributed by atoms with E-state index < -0.39 is 17.7 Å². The molecule has 2 rings (SSSR count). The molecule has 0 spiro atoms. The van der Waals surface area contributed by atoms with Crippen LogP contribution < -0.4 is 5.32 Å². The van der Waals surface area contributed by atoms with Crippen LogP contribution in [0.5, 0.6) is 0 Å². The summed E-state index contributed by atoms with van der Waals surface area (Å²) in [6.07, 6.45) is -4.45. The number of nitrogens with zero attached hydrogens (tertiary/aromatic N) is 2. The first-order chi connectivity index (χ1) is 9.81. The summed E-state index contributed by atoms with van der Waals surface area (Å²) in [4.78, 5) is 0. The molecule has 0 aliphatic carbocycles. The molecule has 0 radical (unpaired) electrons. The SMILES string of the molecule is CCn1nc(CNc2ccc(C)cc2F)cc1C(F)(F)F. The summed E-state index contributed by atoms with van der Waals surface area (Å²) in [5, 5.41) is 6.62. The Morgan fingerprint density at radius 1 is 1.24 bits per heavy atom. The Morgan fingerprint density at radius 2 is 1.95 bits per heavy atom. The Kier molecular flexibility index (Phi) is 4.20. The van der Waals surface area contributed by atoms with Crippen LogP contribution in [0.15, 0.2) is 24.3 Å². The molecule has 1 aromatic carbocycles. The van der Waals surface area contributed by atoms with E-state index in [-0.39, 0.29) is 24.5 Å². The maximum absolute atomic E-state index is 13.6. The van der Waals surface area contributed by atoms with E-state index in [4.69, 9.17) is 0 Å². The molecule has 0 fully saturated rings. The molecule has 0 aliphatic rings. The largest absolute Gasteiger partial charge is 0.433 e. The Bertz CT molecular complexity index is 632. The van der Waals surface area contributed by atoms with Crippen molar-refractivity contribution >= 4 is 5.69 Å². The van der Waals surface area contributed by atoms with E-state index in [2.05, 4.69) is 10.4 Å². The summed E-state index contributed by atoms with van der Waals surface area (Å²) < 4.78 is 52.9. The highest BCUT2D eigenvalue weighted by atomic mass is 19.4. The number of benzene rings is 1. The van der Waals surface area contributed by atoms with Gasteiger partial charge in [0.1, 0.15) is 11.5 Å². The van der Waals surface area contributed by atoms with Crippen molar-refractivity contribution < 1.29 is 17.6 Å². The van der Waals surface area contributed by atoms with Gasteiger partial charge in [-0.05, 0) is 37.6 Å². The zero-order chi connectivity index (χ0) is 15.6. The molecule has 0 saturated carbocycles. The molecular weight excluding hydrogens is 286 g/mol. The second kappa shape index (κ2) is 5.75. The molecule has 3 nitrogen and oxygen atoms in total. The predicted octanol–water partition coefficient (Wildman–Crippen LogP) is 3.98. The molecule has 0 bridgehead atoms. The molecule has 1 aromatic heterocycles. The summed E-state index contributed by atoms with van der Waals surface area (Å²) >= 11 is 0. The van der Waals surface area contributed by atoms with Gasteiger partial charge in [-0.3, -0.25) is 4.68 Å². The smallest absolute Gasteiger partial charge is 0.377 e. The number of aryl methyl sites for hydroxylation is 2. The third-order valence-electron chi connectivity index (χ3n) is 3.01. The van der Waals surface area contributed by atoms with Gasteiger partial charge < -0.3 is 5.32 Å². The lowest BCUT2D eigenvalue weighted by atomic mass is 10.2. The first-order valence-corrected chi connectivity index (χ1v) is 6.45. The van der Waals surface area contributed by atoms with Gasteiger partial charge in [0.2, 0.25) is 0 Å². The standard InChI is InChI=1S/C14H15F4N3/c1-3-21-13(14(16,17)18)7-10(20-21)8-19-12-5-4-9(2)6-11(12)15/h4-7,19H,3,8H2,1-2H3. The number of anilines is 1. The van der Waals surface area contributed by atoms with Crippen molar-refractivity contribution in [1.82, 2.24) is 9.78 Å². The topological polar surface area (TPSA) is 29.9 Å². The maximum atomic E-state index is 13.6. The minimum atomic E-state index is -4.45. The van der Waals surface area contributed by atoms with Gasteiger partial charge in [0.15, 0.2) is 0 Å². The van der Waals surface area contributed by atoms with Gasteiger partial charge in [-0.15, -0.1) is 0 Å². The van der Waals surface area contributed by atoms with Crippen LogP contribution in [0.4, 0.5) is 23.2 Å². The molecule has 0 aliphatic heterocycles. The molecule has 0 unspecified atom stereocenters. The van der Waals surface area contributed by atoms with Gasteiger partial charge >= 0.3 is 6.18 Å². The second-order valence-corrected chi connectivity index (χ2v) is 4.67. The van der Waals surface area contributed by atoms with E-state index in [1.165, 1.54) is 6.07 Å². The number of rotatable bonds is 4. The lowest BCUT2D eigenvalue weighted by Gasteiger charge is -2.07. The predicted molar refractivity (Wildman–Crippen MR) is 71.4 cm³/mol. The number of nitrogens with one attached hydrogen (secondary N) is 1. The van der Waals surface area contributed by atoms with E-state index in [1.54, 1.807) is 26.0 Å². The Labute approximate surface area is 119 Å². The average Bonchev–Trinajstić information content (AvgIpc) is 2.81. The Hall–Kier alpha value is -2.05. The fourth-order valence-corrected chi connectivity index (χ4v) is 1.98. The minimum absolute atomic E-state index is 0.0239. The molecule has 21 heavy (non-hydrogen) atoms.